The number of aromatic nitrogens is 2. The topological polar surface area (TPSA) is 84.3 Å². The molecule has 0 fully saturated rings. The maximum atomic E-state index is 8.79. The molecule has 5 nitrogen and oxygen atoms in total. The van der Waals surface area contributed by atoms with Crippen molar-refractivity contribution in [3.8, 4) is 0 Å². The van der Waals surface area contributed by atoms with Crippen LogP contribution in [0.3, 0.4) is 0 Å². The predicted molar refractivity (Wildman–Crippen MR) is 70.7 cm³/mol. The Kier molecular flexibility index (Phi) is 6.13. The van der Waals surface area contributed by atoms with E-state index in [0.29, 0.717) is 13.1 Å². The van der Waals surface area contributed by atoms with Gasteiger partial charge in [-0.2, -0.15) is 0 Å². The number of imidazole rings is 1. The van der Waals surface area contributed by atoms with E-state index < -0.39 is 0 Å². The SMILES string of the molecule is NCCO.OCCn1cnc2cc(Br)ccc21. The lowest BCUT2D eigenvalue weighted by atomic mass is 10.3. The molecule has 94 valence electrons. The molecule has 0 radical (unpaired) electrons. The first kappa shape index (κ1) is 14.1. The predicted octanol–water partition coefficient (Wildman–Crippen LogP) is 0.729. The number of hydrogen-bond acceptors (Lipinski definition) is 4. The third-order valence-corrected chi connectivity index (χ3v) is 2.55. The highest BCUT2D eigenvalue weighted by atomic mass is 79.9. The minimum atomic E-state index is 0.0972. The first-order valence-electron chi connectivity index (χ1n) is 5.25. The van der Waals surface area contributed by atoms with E-state index in [1.165, 1.54) is 0 Å². The summed E-state index contributed by atoms with van der Waals surface area (Å²) in [6, 6.07) is 5.92. The van der Waals surface area contributed by atoms with Gasteiger partial charge < -0.3 is 20.5 Å². The second-order valence-corrected chi connectivity index (χ2v) is 4.22. The standard InChI is InChI=1S/C9H9BrN2O.C2H7NO/c10-7-1-2-9-8(5-7)11-6-12(9)3-4-13;3-1-2-4/h1-2,5-6,13H,3-4H2;4H,1-3H2. The number of fused-ring (bicyclic) bond motifs is 1. The molecule has 4 N–H and O–H groups in total. The molecule has 1 aromatic carbocycles. The zero-order valence-electron chi connectivity index (χ0n) is 9.38. The summed E-state index contributed by atoms with van der Waals surface area (Å²) in [5.41, 5.74) is 6.78. The lowest BCUT2D eigenvalue weighted by Crippen LogP contribution is -2.02. The molecule has 2 aromatic rings. The van der Waals surface area contributed by atoms with Gasteiger partial charge in [-0.25, -0.2) is 4.98 Å². The number of nitrogens with two attached hydrogens (primary N) is 1. The number of rotatable bonds is 3. The van der Waals surface area contributed by atoms with E-state index in [1.54, 1.807) is 6.33 Å². The van der Waals surface area contributed by atoms with Crippen molar-refractivity contribution >= 4 is 27.0 Å². The molecule has 0 atom stereocenters. The summed E-state index contributed by atoms with van der Waals surface area (Å²) in [5.74, 6) is 0. The van der Waals surface area contributed by atoms with Crippen molar-refractivity contribution in [1.29, 1.82) is 0 Å². The number of nitrogens with zero attached hydrogens (tertiary/aromatic N) is 2. The molecule has 0 unspecified atom stereocenters. The highest BCUT2D eigenvalue weighted by Crippen LogP contribution is 2.18. The third kappa shape index (κ3) is 4.08. The molecular weight excluding hydrogens is 286 g/mol. The second kappa shape index (κ2) is 7.39. The monoisotopic (exact) mass is 301 g/mol. The summed E-state index contributed by atoms with van der Waals surface area (Å²) in [5, 5.41) is 16.5. The van der Waals surface area contributed by atoms with Gasteiger partial charge in [0.1, 0.15) is 0 Å². The van der Waals surface area contributed by atoms with E-state index in [4.69, 9.17) is 15.9 Å². The Morgan fingerprint density at radius 3 is 2.59 bits per heavy atom. The fourth-order valence-corrected chi connectivity index (χ4v) is 1.67. The van der Waals surface area contributed by atoms with Crippen LogP contribution in [-0.4, -0.2) is 39.5 Å². The fraction of sp³-hybridized carbons (Fsp3) is 0.364. The Morgan fingerprint density at radius 2 is 2.00 bits per heavy atom. The highest BCUT2D eigenvalue weighted by Gasteiger charge is 2.01. The molecule has 0 aliphatic rings. The maximum Gasteiger partial charge on any atom is 0.0959 e. The van der Waals surface area contributed by atoms with Crippen LogP contribution in [0.1, 0.15) is 0 Å². The van der Waals surface area contributed by atoms with E-state index >= 15 is 0 Å². The minimum Gasteiger partial charge on any atom is -0.395 e. The van der Waals surface area contributed by atoms with Crippen molar-refractivity contribution in [2.75, 3.05) is 19.8 Å². The summed E-state index contributed by atoms with van der Waals surface area (Å²) >= 11 is 3.38. The van der Waals surface area contributed by atoms with Crippen molar-refractivity contribution in [3.63, 3.8) is 0 Å². The normalized spacial score (nSPS) is 10.1. The second-order valence-electron chi connectivity index (χ2n) is 3.31. The Morgan fingerprint density at radius 1 is 1.29 bits per heavy atom. The van der Waals surface area contributed by atoms with E-state index in [9.17, 15) is 0 Å². The molecular formula is C11H16BrN3O2. The van der Waals surface area contributed by atoms with Gasteiger partial charge in [0.2, 0.25) is 0 Å². The number of aliphatic hydroxyl groups excluding tert-OH is 2. The fourth-order valence-electron chi connectivity index (χ4n) is 1.32. The van der Waals surface area contributed by atoms with Crippen LogP contribution in [0.4, 0.5) is 0 Å². The van der Waals surface area contributed by atoms with Crippen LogP contribution in [-0.2, 0) is 6.54 Å². The third-order valence-electron chi connectivity index (χ3n) is 2.05. The Hall–Kier alpha value is -0.950. The molecule has 0 spiro atoms. The molecule has 0 bridgehead atoms. The number of halogens is 1. The molecule has 0 aliphatic heterocycles. The number of hydrogen-bond donors (Lipinski definition) is 3. The van der Waals surface area contributed by atoms with Gasteiger partial charge >= 0.3 is 0 Å². The van der Waals surface area contributed by atoms with Gasteiger partial charge in [0.15, 0.2) is 0 Å². The lowest BCUT2D eigenvalue weighted by Gasteiger charge is -1.99. The van der Waals surface area contributed by atoms with Crippen LogP contribution in [0, 0.1) is 0 Å². The largest absolute Gasteiger partial charge is 0.395 e. The zero-order valence-corrected chi connectivity index (χ0v) is 11.0. The van der Waals surface area contributed by atoms with Gasteiger partial charge in [-0.05, 0) is 18.2 Å². The average Bonchev–Trinajstić information content (AvgIpc) is 2.72. The minimum absolute atomic E-state index is 0.0972. The quantitative estimate of drug-likeness (QED) is 0.780. The highest BCUT2D eigenvalue weighted by molar-refractivity contribution is 9.10. The molecule has 0 aliphatic carbocycles. The van der Waals surface area contributed by atoms with Crippen molar-refractivity contribution in [2.24, 2.45) is 5.73 Å². The maximum absolute atomic E-state index is 8.79. The van der Waals surface area contributed by atoms with Gasteiger partial charge in [0.25, 0.3) is 0 Å². The summed E-state index contributed by atoms with van der Waals surface area (Å²) in [7, 11) is 0. The van der Waals surface area contributed by atoms with Gasteiger partial charge in [0, 0.05) is 17.6 Å². The molecule has 0 amide bonds. The molecule has 0 saturated heterocycles. The van der Waals surface area contributed by atoms with Crippen molar-refractivity contribution in [1.82, 2.24) is 9.55 Å². The molecule has 2 rings (SSSR count). The molecule has 17 heavy (non-hydrogen) atoms. The first-order valence-corrected chi connectivity index (χ1v) is 6.04. The summed E-state index contributed by atoms with van der Waals surface area (Å²) in [6.07, 6.45) is 1.74. The summed E-state index contributed by atoms with van der Waals surface area (Å²) in [6.45, 7) is 1.21. The summed E-state index contributed by atoms with van der Waals surface area (Å²) in [4.78, 5) is 4.22. The Balaban J connectivity index is 0.000000317. The smallest absolute Gasteiger partial charge is 0.0959 e. The van der Waals surface area contributed by atoms with Crippen molar-refractivity contribution in [2.45, 2.75) is 6.54 Å². The van der Waals surface area contributed by atoms with Crippen LogP contribution >= 0.6 is 15.9 Å². The average molecular weight is 302 g/mol. The van der Waals surface area contributed by atoms with Crippen LogP contribution in [0.25, 0.3) is 11.0 Å². The van der Waals surface area contributed by atoms with Crippen LogP contribution in [0.15, 0.2) is 29.0 Å². The van der Waals surface area contributed by atoms with Crippen LogP contribution in [0.5, 0.6) is 0 Å². The Labute approximate surface area is 108 Å². The summed E-state index contributed by atoms with van der Waals surface area (Å²) < 4.78 is 2.95. The molecule has 0 saturated carbocycles. The molecule has 1 aromatic heterocycles. The molecule has 1 heterocycles. The van der Waals surface area contributed by atoms with Crippen LogP contribution < -0.4 is 5.73 Å². The van der Waals surface area contributed by atoms with E-state index in [-0.39, 0.29) is 13.2 Å². The van der Waals surface area contributed by atoms with Gasteiger partial charge in [-0.3, -0.25) is 0 Å². The van der Waals surface area contributed by atoms with E-state index in [0.717, 1.165) is 15.5 Å². The van der Waals surface area contributed by atoms with Crippen molar-refractivity contribution in [3.05, 3.63) is 29.0 Å². The van der Waals surface area contributed by atoms with Gasteiger partial charge in [0.05, 0.1) is 30.6 Å². The number of benzene rings is 1. The number of aliphatic hydroxyl groups is 2. The lowest BCUT2D eigenvalue weighted by molar-refractivity contribution is 0.278. The van der Waals surface area contributed by atoms with E-state index in [1.807, 2.05) is 22.8 Å². The van der Waals surface area contributed by atoms with Crippen LogP contribution in [0.2, 0.25) is 0 Å². The van der Waals surface area contributed by atoms with Gasteiger partial charge in [-0.15, -0.1) is 0 Å². The zero-order chi connectivity index (χ0) is 12.7. The Bertz CT molecular complexity index is 457. The van der Waals surface area contributed by atoms with E-state index in [2.05, 4.69) is 20.9 Å². The van der Waals surface area contributed by atoms with Gasteiger partial charge in [-0.1, -0.05) is 15.9 Å². The first-order chi connectivity index (χ1) is 8.22. The van der Waals surface area contributed by atoms with Crippen molar-refractivity contribution < 1.29 is 10.2 Å². The molecule has 6 heteroatoms.